The summed E-state index contributed by atoms with van der Waals surface area (Å²) in [5, 5.41) is 5.40. The van der Waals surface area contributed by atoms with E-state index in [0.29, 0.717) is 5.82 Å². The van der Waals surface area contributed by atoms with Gasteiger partial charge in [0, 0.05) is 17.8 Å². The van der Waals surface area contributed by atoms with E-state index in [1.54, 1.807) is 6.92 Å². The van der Waals surface area contributed by atoms with Gasteiger partial charge in [-0.1, -0.05) is 0 Å². The molecular weight excluding hydrogens is 218 g/mol. The van der Waals surface area contributed by atoms with Crippen molar-refractivity contribution in [1.29, 1.82) is 0 Å². The first-order valence-corrected chi connectivity index (χ1v) is 5.66. The van der Waals surface area contributed by atoms with Crippen LogP contribution in [0, 0.1) is 0 Å². The van der Waals surface area contributed by atoms with Gasteiger partial charge in [-0.15, -0.1) is 5.10 Å². The summed E-state index contributed by atoms with van der Waals surface area (Å²) in [6.07, 6.45) is -0.348. The Morgan fingerprint density at radius 2 is 2.23 bits per heavy atom. The van der Waals surface area contributed by atoms with E-state index < -0.39 is 14.2 Å². The first kappa shape index (κ1) is 10.4. The van der Waals surface area contributed by atoms with Gasteiger partial charge in [-0.3, -0.25) is 5.10 Å². The van der Waals surface area contributed by atoms with E-state index in [4.69, 9.17) is 15.4 Å². The predicted octanol–water partition coefficient (Wildman–Crippen LogP) is 0.440. The zero-order valence-electron chi connectivity index (χ0n) is 6.98. The van der Waals surface area contributed by atoms with Crippen molar-refractivity contribution in [2.75, 3.05) is 7.11 Å². The fourth-order valence-electron chi connectivity index (χ4n) is 0.661. The second kappa shape index (κ2) is 3.60. The summed E-state index contributed by atoms with van der Waals surface area (Å²) in [5.41, 5.74) is 0. The molecule has 1 rings (SSSR count). The van der Waals surface area contributed by atoms with Gasteiger partial charge in [0.25, 0.3) is 14.2 Å². The van der Waals surface area contributed by atoms with E-state index in [0.717, 1.165) is 0 Å². The highest BCUT2D eigenvalue weighted by Gasteiger charge is 2.18. The van der Waals surface area contributed by atoms with E-state index in [2.05, 4.69) is 15.2 Å². The summed E-state index contributed by atoms with van der Waals surface area (Å²) >= 11 is 0. The van der Waals surface area contributed by atoms with Crippen molar-refractivity contribution >= 4 is 19.7 Å². The molecule has 1 unspecified atom stereocenters. The molecule has 1 atom stereocenters. The van der Waals surface area contributed by atoms with Gasteiger partial charge in [0.05, 0.1) is 0 Å². The summed E-state index contributed by atoms with van der Waals surface area (Å²) in [4.78, 5) is 3.64. The molecule has 0 spiro atoms. The van der Waals surface area contributed by atoms with Crippen molar-refractivity contribution in [3.8, 4) is 0 Å². The molecule has 1 aromatic heterocycles. The van der Waals surface area contributed by atoms with Crippen LogP contribution in [0.1, 0.15) is 18.9 Å². The molecule has 13 heavy (non-hydrogen) atoms. The average Bonchev–Trinajstić information content (AvgIpc) is 2.50. The number of aromatic amines is 1. The summed E-state index contributed by atoms with van der Waals surface area (Å²) in [5.74, 6) is 0.321. The van der Waals surface area contributed by atoms with Crippen LogP contribution >= 0.6 is 10.7 Å². The second-order valence-corrected chi connectivity index (χ2v) is 4.78. The highest BCUT2D eigenvalue weighted by molar-refractivity contribution is 8.13. The zero-order valence-corrected chi connectivity index (χ0v) is 8.56. The minimum absolute atomic E-state index is 0.321. The Labute approximate surface area is 79.7 Å². The molecule has 0 fully saturated rings. The predicted molar refractivity (Wildman–Crippen MR) is 44.8 cm³/mol. The lowest BCUT2D eigenvalue weighted by Gasteiger charge is -2.02. The molecule has 0 aromatic carbocycles. The topological polar surface area (TPSA) is 84.9 Å². The van der Waals surface area contributed by atoms with Crippen LogP contribution in [0.2, 0.25) is 0 Å². The van der Waals surface area contributed by atoms with Gasteiger partial charge in [0.1, 0.15) is 6.10 Å². The molecule has 0 aliphatic carbocycles. The van der Waals surface area contributed by atoms with Crippen LogP contribution in [0.4, 0.5) is 0 Å². The number of hydrogen-bond acceptors (Lipinski definition) is 5. The molecule has 0 bridgehead atoms. The minimum Gasteiger partial charge on any atom is -0.374 e. The highest BCUT2D eigenvalue weighted by Crippen LogP contribution is 2.14. The van der Waals surface area contributed by atoms with Gasteiger partial charge < -0.3 is 4.74 Å². The maximum atomic E-state index is 10.7. The average molecular weight is 226 g/mol. The summed E-state index contributed by atoms with van der Waals surface area (Å²) in [6, 6.07) is 0. The third-order valence-electron chi connectivity index (χ3n) is 1.44. The number of rotatable bonds is 3. The molecule has 0 saturated carbocycles. The molecule has 0 radical (unpaired) electrons. The van der Waals surface area contributed by atoms with E-state index >= 15 is 0 Å². The number of nitrogens with one attached hydrogen (secondary N) is 1. The first-order chi connectivity index (χ1) is 5.95. The maximum Gasteiger partial charge on any atom is 0.298 e. The van der Waals surface area contributed by atoms with E-state index in [9.17, 15) is 8.42 Å². The van der Waals surface area contributed by atoms with Crippen molar-refractivity contribution < 1.29 is 13.2 Å². The maximum absolute atomic E-state index is 10.7. The number of hydrogen-bond donors (Lipinski definition) is 1. The lowest BCUT2D eigenvalue weighted by Crippen LogP contribution is -1.98. The molecule has 74 valence electrons. The van der Waals surface area contributed by atoms with Crippen LogP contribution in [0.15, 0.2) is 5.16 Å². The molecule has 0 aliphatic rings. The lowest BCUT2D eigenvalue weighted by molar-refractivity contribution is 0.112. The van der Waals surface area contributed by atoms with Crippen LogP contribution in [0.25, 0.3) is 0 Å². The standard InChI is InChI=1S/C5H8ClN3O3S/c1-3(12-2)4-7-5(9-8-4)13(6,10)11/h3H,1-2H3,(H,7,8,9). The molecule has 6 nitrogen and oxygen atoms in total. The Balaban J connectivity index is 3.00. The second-order valence-electron chi connectivity index (χ2n) is 2.32. The largest absolute Gasteiger partial charge is 0.374 e. The van der Waals surface area contributed by atoms with Crippen LogP contribution in [0.3, 0.4) is 0 Å². The van der Waals surface area contributed by atoms with Crippen LogP contribution in [-0.4, -0.2) is 30.7 Å². The molecule has 0 amide bonds. The summed E-state index contributed by atoms with van der Waals surface area (Å²) in [6.45, 7) is 1.70. The van der Waals surface area contributed by atoms with E-state index in [1.807, 2.05) is 0 Å². The van der Waals surface area contributed by atoms with Gasteiger partial charge in [0.2, 0.25) is 0 Å². The molecule has 1 N–H and O–H groups in total. The molecular formula is C5H8ClN3O3S. The Morgan fingerprint density at radius 3 is 2.62 bits per heavy atom. The fourth-order valence-corrected chi connectivity index (χ4v) is 1.23. The van der Waals surface area contributed by atoms with Crippen molar-refractivity contribution in [3.05, 3.63) is 5.82 Å². The van der Waals surface area contributed by atoms with Crippen molar-refractivity contribution in [2.45, 2.75) is 18.2 Å². The van der Waals surface area contributed by atoms with Crippen molar-refractivity contribution in [2.24, 2.45) is 0 Å². The molecule has 0 aliphatic heterocycles. The van der Waals surface area contributed by atoms with Crippen LogP contribution < -0.4 is 0 Å². The van der Waals surface area contributed by atoms with Crippen LogP contribution in [-0.2, 0) is 13.8 Å². The number of ether oxygens (including phenoxy) is 1. The van der Waals surface area contributed by atoms with Gasteiger partial charge in [-0.25, -0.2) is 8.42 Å². The molecule has 1 heterocycles. The third-order valence-corrected chi connectivity index (χ3v) is 2.47. The zero-order chi connectivity index (χ0) is 10.1. The number of nitrogens with zero attached hydrogens (tertiary/aromatic N) is 2. The van der Waals surface area contributed by atoms with Gasteiger partial charge in [0.15, 0.2) is 5.82 Å². The summed E-state index contributed by atoms with van der Waals surface area (Å²) in [7, 11) is 2.62. The third kappa shape index (κ3) is 2.39. The van der Waals surface area contributed by atoms with E-state index in [1.165, 1.54) is 7.11 Å². The first-order valence-electron chi connectivity index (χ1n) is 3.35. The normalized spacial score (nSPS) is 14.4. The summed E-state index contributed by atoms with van der Waals surface area (Å²) < 4.78 is 26.4. The Kier molecular flexibility index (Phi) is 2.89. The molecule has 0 saturated heterocycles. The minimum atomic E-state index is -3.86. The van der Waals surface area contributed by atoms with Gasteiger partial charge >= 0.3 is 0 Å². The number of H-pyrrole nitrogens is 1. The Bertz CT molecular complexity index is 387. The lowest BCUT2D eigenvalue weighted by atomic mass is 10.4. The van der Waals surface area contributed by atoms with Crippen LogP contribution in [0.5, 0.6) is 0 Å². The fraction of sp³-hybridized carbons (Fsp3) is 0.600. The quantitative estimate of drug-likeness (QED) is 0.755. The smallest absolute Gasteiger partial charge is 0.298 e. The Hall–Kier alpha value is -0.660. The number of halogens is 1. The van der Waals surface area contributed by atoms with Crippen molar-refractivity contribution in [3.63, 3.8) is 0 Å². The highest BCUT2D eigenvalue weighted by atomic mass is 35.7. The molecule has 1 aromatic rings. The van der Waals surface area contributed by atoms with E-state index in [-0.39, 0.29) is 6.10 Å². The number of methoxy groups -OCH3 is 1. The van der Waals surface area contributed by atoms with Gasteiger partial charge in [-0.05, 0) is 6.92 Å². The SMILES string of the molecule is COC(C)c1nc(S(=O)(=O)Cl)n[nH]1. The molecule has 8 heteroatoms. The Morgan fingerprint density at radius 1 is 1.62 bits per heavy atom. The van der Waals surface area contributed by atoms with Gasteiger partial charge in [-0.2, -0.15) is 4.98 Å². The van der Waals surface area contributed by atoms with Crippen molar-refractivity contribution in [1.82, 2.24) is 15.2 Å². The monoisotopic (exact) mass is 225 g/mol. The number of aromatic nitrogens is 3.